The Labute approximate surface area is 153 Å². The topological polar surface area (TPSA) is 87.7 Å². The fourth-order valence-corrected chi connectivity index (χ4v) is 5.18. The standard InChI is InChI=1S/C19H22N4O2S/c1-12(2)18(23-15-9-16-19(20-10-15)22-11-21-16)14-6-5-13-4-3-7-26(24,25)17(13)8-14/h5-6,8-12,18,23H,3-4,7H2,1-2H3,(H,20,21,22)/t18-/m1/s1. The summed E-state index contributed by atoms with van der Waals surface area (Å²) in [5.41, 5.74) is 4.33. The van der Waals surface area contributed by atoms with Gasteiger partial charge in [0.15, 0.2) is 15.5 Å². The van der Waals surface area contributed by atoms with Crippen molar-refractivity contribution in [3.05, 3.63) is 47.9 Å². The lowest BCUT2D eigenvalue weighted by Crippen LogP contribution is -2.20. The van der Waals surface area contributed by atoms with Gasteiger partial charge in [-0.15, -0.1) is 0 Å². The van der Waals surface area contributed by atoms with Gasteiger partial charge in [0.1, 0.15) is 0 Å². The molecule has 2 aromatic heterocycles. The molecule has 1 aromatic carbocycles. The number of anilines is 1. The summed E-state index contributed by atoms with van der Waals surface area (Å²) in [6.45, 7) is 4.24. The van der Waals surface area contributed by atoms with Gasteiger partial charge < -0.3 is 10.3 Å². The number of fused-ring (bicyclic) bond motifs is 2. The van der Waals surface area contributed by atoms with Gasteiger partial charge in [-0.05, 0) is 42.0 Å². The van der Waals surface area contributed by atoms with Crippen LogP contribution in [-0.4, -0.2) is 29.1 Å². The molecule has 136 valence electrons. The lowest BCUT2D eigenvalue weighted by atomic mass is 9.94. The molecule has 0 saturated carbocycles. The van der Waals surface area contributed by atoms with Crippen LogP contribution in [0.3, 0.4) is 0 Å². The van der Waals surface area contributed by atoms with Crippen molar-refractivity contribution >= 4 is 26.7 Å². The van der Waals surface area contributed by atoms with E-state index in [0.29, 0.717) is 17.0 Å². The summed E-state index contributed by atoms with van der Waals surface area (Å²) in [4.78, 5) is 12.0. The van der Waals surface area contributed by atoms with Crippen molar-refractivity contribution in [1.82, 2.24) is 15.0 Å². The molecule has 0 unspecified atom stereocenters. The second-order valence-electron chi connectivity index (χ2n) is 7.15. The number of rotatable bonds is 4. The normalized spacial score (nSPS) is 17.2. The highest BCUT2D eigenvalue weighted by atomic mass is 32.2. The number of H-pyrrole nitrogens is 1. The summed E-state index contributed by atoms with van der Waals surface area (Å²) in [5, 5.41) is 3.51. The van der Waals surface area contributed by atoms with Crippen LogP contribution in [0.25, 0.3) is 11.2 Å². The lowest BCUT2D eigenvalue weighted by molar-refractivity contribution is 0.543. The van der Waals surface area contributed by atoms with Crippen molar-refractivity contribution in [1.29, 1.82) is 0 Å². The molecule has 2 N–H and O–H groups in total. The minimum absolute atomic E-state index is 0.0143. The molecular formula is C19H22N4O2S. The van der Waals surface area contributed by atoms with Crippen molar-refractivity contribution in [2.24, 2.45) is 5.92 Å². The van der Waals surface area contributed by atoms with E-state index in [1.54, 1.807) is 12.5 Å². The smallest absolute Gasteiger partial charge is 0.178 e. The number of hydrogen-bond donors (Lipinski definition) is 2. The van der Waals surface area contributed by atoms with E-state index in [1.807, 2.05) is 24.3 Å². The van der Waals surface area contributed by atoms with Gasteiger partial charge in [0.25, 0.3) is 0 Å². The molecule has 0 bridgehead atoms. The van der Waals surface area contributed by atoms with Crippen LogP contribution in [0, 0.1) is 5.92 Å². The van der Waals surface area contributed by atoms with Gasteiger partial charge in [-0.2, -0.15) is 0 Å². The molecule has 1 aliphatic heterocycles. The highest BCUT2D eigenvalue weighted by Gasteiger charge is 2.26. The van der Waals surface area contributed by atoms with Crippen LogP contribution in [0.1, 0.15) is 37.4 Å². The zero-order valence-corrected chi connectivity index (χ0v) is 15.7. The third kappa shape index (κ3) is 3.07. The zero-order valence-electron chi connectivity index (χ0n) is 14.9. The van der Waals surface area contributed by atoms with Crippen LogP contribution in [0.2, 0.25) is 0 Å². The Kier molecular flexibility index (Phi) is 4.19. The van der Waals surface area contributed by atoms with Gasteiger partial charge in [-0.3, -0.25) is 0 Å². The van der Waals surface area contributed by atoms with E-state index in [0.717, 1.165) is 28.8 Å². The maximum atomic E-state index is 12.5. The summed E-state index contributed by atoms with van der Waals surface area (Å²) in [7, 11) is -3.17. The van der Waals surface area contributed by atoms with Crippen molar-refractivity contribution in [2.45, 2.75) is 37.6 Å². The highest BCUT2D eigenvalue weighted by Crippen LogP contribution is 2.32. The number of aryl methyl sites for hydroxylation is 1. The molecule has 7 heteroatoms. The summed E-state index contributed by atoms with van der Waals surface area (Å²) >= 11 is 0. The molecule has 3 aromatic rings. The molecule has 3 heterocycles. The Bertz CT molecular complexity index is 1060. The molecule has 6 nitrogen and oxygen atoms in total. The van der Waals surface area contributed by atoms with Crippen LogP contribution in [0.15, 0.2) is 41.7 Å². The Morgan fingerprint density at radius 1 is 1.19 bits per heavy atom. The Morgan fingerprint density at radius 3 is 2.85 bits per heavy atom. The maximum Gasteiger partial charge on any atom is 0.178 e. The highest BCUT2D eigenvalue weighted by molar-refractivity contribution is 7.91. The van der Waals surface area contributed by atoms with E-state index >= 15 is 0 Å². The second-order valence-corrected chi connectivity index (χ2v) is 9.23. The Morgan fingerprint density at radius 2 is 2.04 bits per heavy atom. The lowest BCUT2D eigenvalue weighted by Gasteiger charge is -2.26. The first-order valence-corrected chi connectivity index (χ1v) is 10.5. The van der Waals surface area contributed by atoms with Crippen LogP contribution in [0.4, 0.5) is 5.69 Å². The van der Waals surface area contributed by atoms with Crippen LogP contribution in [-0.2, 0) is 16.3 Å². The number of sulfone groups is 1. The average Bonchev–Trinajstić information content (AvgIpc) is 3.07. The van der Waals surface area contributed by atoms with Gasteiger partial charge >= 0.3 is 0 Å². The molecular weight excluding hydrogens is 348 g/mol. The number of imidazole rings is 1. The van der Waals surface area contributed by atoms with E-state index in [4.69, 9.17) is 0 Å². The molecule has 1 atom stereocenters. The van der Waals surface area contributed by atoms with Crippen molar-refractivity contribution < 1.29 is 8.42 Å². The number of aromatic nitrogens is 3. The van der Waals surface area contributed by atoms with Crippen LogP contribution < -0.4 is 5.32 Å². The van der Waals surface area contributed by atoms with E-state index in [9.17, 15) is 8.42 Å². The number of nitrogens with zero attached hydrogens (tertiary/aromatic N) is 2. The fourth-order valence-electron chi connectivity index (χ4n) is 3.55. The van der Waals surface area contributed by atoms with Gasteiger partial charge in [-0.25, -0.2) is 18.4 Å². The number of pyridine rings is 1. The summed E-state index contributed by atoms with van der Waals surface area (Å²) < 4.78 is 24.9. The van der Waals surface area contributed by atoms with Crippen LogP contribution >= 0.6 is 0 Å². The number of aromatic amines is 1. The predicted octanol–water partition coefficient (Wildman–Crippen LogP) is 3.49. The number of benzene rings is 1. The first-order chi connectivity index (χ1) is 12.4. The first kappa shape index (κ1) is 17.0. The molecule has 0 amide bonds. The third-order valence-electron chi connectivity index (χ3n) is 4.91. The minimum atomic E-state index is -3.17. The van der Waals surface area contributed by atoms with Crippen molar-refractivity contribution in [3.8, 4) is 0 Å². The average molecular weight is 370 g/mol. The summed E-state index contributed by atoms with van der Waals surface area (Å²) in [6, 6.07) is 7.82. The van der Waals surface area contributed by atoms with Gasteiger partial charge in [-0.1, -0.05) is 26.0 Å². The van der Waals surface area contributed by atoms with Crippen molar-refractivity contribution in [3.63, 3.8) is 0 Å². The molecule has 0 radical (unpaired) electrons. The minimum Gasteiger partial charge on any atom is -0.377 e. The quantitative estimate of drug-likeness (QED) is 0.734. The molecule has 0 saturated heterocycles. The molecule has 0 fully saturated rings. The van der Waals surface area contributed by atoms with Crippen LogP contribution in [0.5, 0.6) is 0 Å². The van der Waals surface area contributed by atoms with Gasteiger partial charge in [0.2, 0.25) is 0 Å². The zero-order chi connectivity index (χ0) is 18.3. The molecule has 0 spiro atoms. The number of nitrogens with one attached hydrogen (secondary N) is 2. The fraction of sp³-hybridized carbons (Fsp3) is 0.368. The first-order valence-electron chi connectivity index (χ1n) is 8.85. The van der Waals surface area contributed by atoms with E-state index in [2.05, 4.69) is 34.1 Å². The van der Waals surface area contributed by atoms with Gasteiger partial charge in [0.05, 0.1) is 40.4 Å². The second kappa shape index (κ2) is 6.39. The monoisotopic (exact) mass is 370 g/mol. The number of hydrogen-bond acceptors (Lipinski definition) is 5. The van der Waals surface area contributed by atoms with E-state index < -0.39 is 9.84 Å². The molecule has 1 aliphatic rings. The summed E-state index contributed by atoms with van der Waals surface area (Å²) in [6.07, 6.45) is 4.91. The SMILES string of the molecule is CC(C)[C@@H](Nc1cnc2nc[nH]c2c1)c1ccc2c(c1)S(=O)(=O)CCC2. The molecule has 26 heavy (non-hydrogen) atoms. The van der Waals surface area contributed by atoms with Gasteiger partial charge in [0, 0.05) is 0 Å². The van der Waals surface area contributed by atoms with E-state index in [1.165, 1.54) is 0 Å². The summed E-state index contributed by atoms with van der Waals surface area (Å²) in [5.74, 6) is 0.515. The van der Waals surface area contributed by atoms with Crippen molar-refractivity contribution in [2.75, 3.05) is 11.1 Å². The largest absolute Gasteiger partial charge is 0.377 e. The molecule has 4 rings (SSSR count). The maximum absolute atomic E-state index is 12.5. The molecule has 0 aliphatic carbocycles. The Hall–Kier alpha value is -2.41. The predicted molar refractivity (Wildman–Crippen MR) is 102 cm³/mol. The third-order valence-corrected chi connectivity index (χ3v) is 6.78. The Balaban J connectivity index is 1.70. The van der Waals surface area contributed by atoms with E-state index in [-0.39, 0.29) is 17.7 Å².